The van der Waals surface area contributed by atoms with E-state index in [1.54, 1.807) is 23.1 Å². The van der Waals surface area contributed by atoms with Crippen LogP contribution in [0.1, 0.15) is 25.0 Å². The molecule has 0 unspecified atom stereocenters. The molecule has 3 nitrogen and oxygen atoms in total. The molecule has 1 fully saturated rings. The predicted octanol–water partition coefficient (Wildman–Crippen LogP) is 5.62. The summed E-state index contributed by atoms with van der Waals surface area (Å²) < 4.78 is 53.4. The molecule has 0 bridgehead atoms. The minimum absolute atomic E-state index is 0.152. The van der Waals surface area contributed by atoms with E-state index in [0.717, 1.165) is 12.1 Å². The van der Waals surface area contributed by atoms with Crippen LogP contribution in [-0.2, 0) is 6.18 Å². The van der Waals surface area contributed by atoms with Gasteiger partial charge in [-0.1, -0.05) is 6.58 Å². The second-order valence-corrected chi connectivity index (χ2v) is 7.14. The molecule has 28 heavy (non-hydrogen) atoms. The minimum Gasteiger partial charge on any atom is -0.307 e. The molecule has 0 radical (unpaired) electrons. The van der Waals surface area contributed by atoms with Crippen molar-refractivity contribution in [2.75, 3.05) is 9.80 Å². The van der Waals surface area contributed by atoms with Crippen LogP contribution in [0.15, 0.2) is 54.7 Å². The Morgan fingerprint density at radius 3 is 2.18 bits per heavy atom. The summed E-state index contributed by atoms with van der Waals surface area (Å²) >= 11 is 5.53. The van der Waals surface area contributed by atoms with Gasteiger partial charge in [-0.2, -0.15) is 18.4 Å². The van der Waals surface area contributed by atoms with Crippen LogP contribution in [0.2, 0.25) is 0 Å². The van der Waals surface area contributed by atoms with Crippen molar-refractivity contribution in [1.82, 2.24) is 0 Å². The van der Waals surface area contributed by atoms with Gasteiger partial charge in [0.2, 0.25) is 0 Å². The van der Waals surface area contributed by atoms with E-state index >= 15 is 0 Å². The second kappa shape index (κ2) is 6.60. The number of thiocarbonyl (C=S) groups is 1. The maximum atomic E-state index is 13.4. The van der Waals surface area contributed by atoms with E-state index in [-0.39, 0.29) is 10.8 Å². The zero-order valence-electron chi connectivity index (χ0n) is 15.0. The van der Waals surface area contributed by atoms with Crippen molar-refractivity contribution >= 4 is 28.7 Å². The zero-order valence-corrected chi connectivity index (χ0v) is 15.8. The number of anilines is 2. The number of benzene rings is 2. The topological polar surface area (TPSA) is 30.3 Å². The molecule has 0 spiro atoms. The monoisotopic (exact) mass is 405 g/mol. The molecule has 0 saturated carbocycles. The van der Waals surface area contributed by atoms with Gasteiger partial charge < -0.3 is 4.90 Å². The third-order valence-corrected chi connectivity index (χ3v) is 5.05. The maximum absolute atomic E-state index is 13.4. The average Bonchev–Trinajstić information content (AvgIpc) is 2.79. The van der Waals surface area contributed by atoms with Crippen LogP contribution in [0.5, 0.6) is 0 Å². The quantitative estimate of drug-likeness (QED) is 0.479. The smallest absolute Gasteiger partial charge is 0.307 e. The van der Waals surface area contributed by atoms with Gasteiger partial charge in [0.1, 0.15) is 5.82 Å². The lowest BCUT2D eigenvalue weighted by molar-refractivity contribution is -0.137. The molecule has 2 aromatic rings. The second-order valence-electron chi connectivity index (χ2n) is 6.77. The first-order chi connectivity index (χ1) is 13.0. The van der Waals surface area contributed by atoms with E-state index in [1.807, 2.05) is 13.8 Å². The Kier molecular flexibility index (Phi) is 4.68. The summed E-state index contributed by atoms with van der Waals surface area (Å²) in [6, 6.07) is 10.6. The first-order valence-electron chi connectivity index (χ1n) is 8.19. The number of alkyl halides is 3. The average molecular weight is 405 g/mol. The van der Waals surface area contributed by atoms with Crippen LogP contribution in [0, 0.1) is 17.1 Å². The molecule has 0 amide bonds. The van der Waals surface area contributed by atoms with E-state index < -0.39 is 28.7 Å². The van der Waals surface area contributed by atoms with Crippen LogP contribution in [0.25, 0.3) is 0 Å². The normalized spacial score (nSPS) is 16.5. The van der Waals surface area contributed by atoms with Crippen molar-refractivity contribution in [3.63, 3.8) is 0 Å². The summed E-state index contributed by atoms with van der Waals surface area (Å²) in [5.74, 6) is -0.413. The standard InChI is InChI=1S/C20H15F4N3S/c1-12-19(2,3)27(15-8-5-14(21)6-9-15)18(28)26(12)16-7-4-13(11-25)17(10-16)20(22,23)24/h4-10H,1H2,2-3H3. The van der Waals surface area contributed by atoms with Gasteiger partial charge >= 0.3 is 6.18 Å². The molecular formula is C20H15F4N3S. The summed E-state index contributed by atoms with van der Waals surface area (Å²) in [4.78, 5) is 3.14. The lowest BCUT2D eigenvalue weighted by atomic mass is 9.99. The van der Waals surface area contributed by atoms with Gasteiger partial charge in [0.05, 0.1) is 22.7 Å². The number of halogens is 4. The van der Waals surface area contributed by atoms with Gasteiger partial charge in [-0.05, 0) is 68.5 Å². The fourth-order valence-electron chi connectivity index (χ4n) is 3.15. The predicted molar refractivity (Wildman–Crippen MR) is 103 cm³/mol. The summed E-state index contributed by atoms with van der Waals surface area (Å²) in [6.07, 6.45) is -4.68. The SMILES string of the molecule is C=C1N(c2ccc(C#N)c(C(F)(F)F)c2)C(=S)N(c2ccc(F)cc2)C1(C)C. The van der Waals surface area contributed by atoms with Crippen LogP contribution < -0.4 is 9.80 Å². The summed E-state index contributed by atoms with van der Waals surface area (Å²) in [7, 11) is 0. The Morgan fingerprint density at radius 1 is 1.07 bits per heavy atom. The molecule has 1 heterocycles. The third-order valence-electron chi connectivity index (χ3n) is 4.69. The lowest BCUT2D eigenvalue weighted by Gasteiger charge is -2.31. The van der Waals surface area contributed by atoms with Crippen molar-refractivity contribution < 1.29 is 17.6 Å². The van der Waals surface area contributed by atoms with E-state index in [4.69, 9.17) is 17.5 Å². The third kappa shape index (κ3) is 3.12. The Hall–Kier alpha value is -2.92. The van der Waals surface area contributed by atoms with E-state index in [2.05, 4.69) is 6.58 Å². The highest BCUT2D eigenvalue weighted by Crippen LogP contribution is 2.43. The van der Waals surface area contributed by atoms with Gasteiger partial charge in [0.15, 0.2) is 5.11 Å². The fraction of sp³-hybridized carbons (Fsp3) is 0.200. The lowest BCUT2D eigenvalue weighted by Crippen LogP contribution is -2.41. The van der Waals surface area contributed by atoms with Gasteiger partial charge in [-0.15, -0.1) is 0 Å². The Morgan fingerprint density at radius 2 is 1.64 bits per heavy atom. The number of nitrogens with zero attached hydrogens (tertiary/aromatic N) is 3. The van der Waals surface area contributed by atoms with Gasteiger partial charge in [-0.25, -0.2) is 4.39 Å². The van der Waals surface area contributed by atoms with Crippen molar-refractivity contribution in [1.29, 1.82) is 5.26 Å². The van der Waals surface area contributed by atoms with E-state index in [0.29, 0.717) is 11.4 Å². The van der Waals surface area contributed by atoms with Crippen LogP contribution >= 0.6 is 12.2 Å². The first kappa shape index (κ1) is 19.8. The highest BCUT2D eigenvalue weighted by molar-refractivity contribution is 7.80. The molecule has 2 aromatic carbocycles. The number of rotatable bonds is 2. The minimum atomic E-state index is -4.68. The molecule has 3 rings (SSSR count). The highest BCUT2D eigenvalue weighted by atomic mass is 32.1. The first-order valence-corrected chi connectivity index (χ1v) is 8.60. The molecular weight excluding hydrogens is 390 g/mol. The molecule has 0 atom stereocenters. The van der Waals surface area contributed by atoms with Gasteiger partial charge in [0, 0.05) is 17.1 Å². The zero-order chi connectivity index (χ0) is 20.9. The van der Waals surface area contributed by atoms with E-state index in [9.17, 15) is 17.6 Å². The summed E-state index contributed by atoms with van der Waals surface area (Å²) in [5.41, 5.74) is -1.08. The molecule has 144 valence electrons. The molecule has 0 aliphatic carbocycles. The molecule has 1 aliphatic heterocycles. The maximum Gasteiger partial charge on any atom is 0.417 e. The Bertz CT molecular complexity index is 1000. The van der Waals surface area contributed by atoms with Crippen LogP contribution in [-0.4, -0.2) is 10.7 Å². The van der Waals surface area contributed by atoms with E-state index in [1.165, 1.54) is 23.1 Å². The molecule has 0 aromatic heterocycles. The Balaban J connectivity index is 2.11. The summed E-state index contributed by atoms with van der Waals surface area (Å²) in [6.45, 7) is 7.66. The highest BCUT2D eigenvalue weighted by Gasteiger charge is 2.46. The summed E-state index contributed by atoms with van der Waals surface area (Å²) in [5, 5.41) is 9.20. The Labute approximate surface area is 165 Å². The molecule has 1 saturated heterocycles. The number of hydrogen-bond acceptors (Lipinski definition) is 2. The number of hydrogen-bond donors (Lipinski definition) is 0. The molecule has 1 aliphatic rings. The fourth-order valence-corrected chi connectivity index (χ4v) is 3.70. The van der Waals surface area contributed by atoms with Crippen molar-refractivity contribution in [3.8, 4) is 6.07 Å². The van der Waals surface area contributed by atoms with Gasteiger partial charge in [0.25, 0.3) is 0 Å². The molecule has 8 heteroatoms. The van der Waals surface area contributed by atoms with Crippen LogP contribution in [0.4, 0.5) is 28.9 Å². The molecule has 0 N–H and O–H groups in total. The van der Waals surface area contributed by atoms with Crippen molar-refractivity contribution in [2.24, 2.45) is 0 Å². The van der Waals surface area contributed by atoms with Crippen molar-refractivity contribution in [2.45, 2.75) is 25.6 Å². The van der Waals surface area contributed by atoms with Gasteiger partial charge in [-0.3, -0.25) is 4.90 Å². The van der Waals surface area contributed by atoms with Crippen molar-refractivity contribution in [3.05, 3.63) is 71.7 Å². The number of nitriles is 1. The van der Waals surface area contributed by atoms with Crippen LogP contribution in [0.3, 0.4) is 0 Å². The largest absolute Gasteiger partial charge is 0.417 e.